The van der Waals surface area contributed by atoms with Crippen molar-refractivity contribution in [2.75, 3.05) is 5.73 Å². The van der Waals surface area contributed by atoms with Gasteiger partial charge >= 0.3 is 5.92 Å². The maximum absolute atomic E-state index is 15.4. The fourth-order valence-electron chi connectivity index (χ4n) is 3.56. The average Bonchev–Trinajstić information content (AvgIpc) is 3.15. The topological polar surface area (TPSA) is 116 Å². The fourth-order valence-corrected chi connectivity index (χ4v) is 3.56. The lowest BCUT2D eigenvalue weighted by molar-refractivity contribution is 0.0270. The Hall–Kier alpha value is -3.96. The highest BCUT2D eigenvalue weighted by Gasteiger charge is 2.43. The summed E-state index contributed by atoms with van der Waals surface area (Å²) in [6.45, 7) is 0. The molecule has 0 unspecified atom stereocenters. The highest BCUT2D eigenvalue weighted by atomic mass is 19.3. The van der Waals surface area contributed by atoms with Crippen LogP contribution in [0.4, 0.5) is 19.1 Å². The number of rotatable bonds is 4. The molecule has 0 radical (unpaired) electrons. The van der Waals surface area contributed by atoms with Gasteiger partial charge in [-0.1, -0.05) is 0 Å². The zero-order valence-corrected chi connectivity index (χ0v) is 15.8. The first-order valence-corrected chi connectivity index (χ1v) is 9.50. The molecule has 4 aromatic heterocycles. The number of nitrogen functional groups attached to an aromatic ring is 1. The smallest absolute Gasteiger partial charge is 0.336 e. The number of nitrogens with one attached hydrogen (secondary N) is 1. The predicted molar refractivity (Wildman–Crippen MR) is 104 cm³/mol. The van der Waals surface area contributed by atoms with Crippen LogP contribution in [0.2, 0.25) is 0 Å². The minimum absolute atomic E-state index is 0.000784. The molecule has 0 aliphatic heterocycles. The number of imidazole rings is 1. The van der Waals surface area contributed by atoms with Gasteiger partial charge in [0, 0.05) is 17.8 Å². The number of benzene rings is 1. The molecule has 1 saturated carbocycles. The van der Waals surface area contributed by atoms with E-state index in [1.807, 2.05) is 10.9 Å². The standard InChI is InChI=1S/C19H14F3N9/c20-12-6-15-14(25-18(23)26-15)5-11(12)19(21,22)17-28-27-16-4-3-13(29-31(16)17)9-7-24-30(8-9)10-1-2-10/h3-8,10H,1-2H2,(H3,23,25,26). The molecule has 12 heteroatoms. The van der Waals surface area contributed by atoms with Crippen molar-refractivity contribution in [3.05, 3.63) is 53.9 Å². The summed E-state index contributed by atoms with van der Waals surface area (Å²) in [6.07, 6.45) is 5.58. The zero-order chi connectivity index (χ0) is 21.3. The third-order valence-corrected chi connectivity index (χ3v) is 5.29. The summed E-state index contributed by atoms with van der Waals surface area (Å²) in [5, 5.41) is 16.0. The number of nitrogens with two attached hydrogens (primary N) is 1. The van der Waals surface area contributed by atoms with Gasteiger partial charge in [-0.2, -0.15) is 23.5 Å². The van der Waals surface area contributed by atoms with Crippen LogP contribution in [0.5, 0.6) is 0 Å². The second-order valence-corrected chi connectivity index (χ2v) is 7.50. The number of hydrogen-bond acceptors (Lipinski definition) is 6. The van der Waals surface area contributed by atoms with Crippen molar-refractivity contribution in [1.29, 1.82) is 0 Å². The van der Waals surface area contributed by atoms with Crippen molar-refractivity contribution >= 4 is 22.6 Å². The number of halogens is 3. The Morgan fingerprint density at radius 2 is 2.00 bits per heavy atom. The van der Waals surface area contributed by atoms with E-state index in [9.17, 15) is 4.39 Å². The van der Waals surface area contributed by atoms with Gasteiger partial charge in [-0.25, -0.2) is 9.37 Å². The van der Waals surface area contributed by atoms with Crippen molar-refractivity contribution in [1.82, 2.24) is 39.6 Å². The molecule has 1 aromatic carbocycles. The van der Waals surface area contributed by atoms with Crippen molar-refractivity contribution in [2.45, 2.75) is 24.8 Å². The molecular weight excluding hydrogens is 411 g/mol. The summed E-state index contributed by atoms with van der Waals surface area (Å²) in [7, 11) is 0. The first kappa shape index (κ1) is 17.9. The first-order chi connectivity index (χ1) is 14.9. The number of fused-ring (bicyclic) bond motifs is 2. The summed E-state index contributed by atoms with van der Waals surface area (Å²) >= 11 is 0. The lowest BCUT2D eigenvalue weighted by atomic mass is 10.1. The second-order valence-electron chi connectivity index (χ2n) is 7.50. The van der Waals surface area contributed by atoms with Crippen molar-refractivity contribution in [2.24, 2.45) is 0 Å². The number of H-pyrrole nitrogens is 1. The summed E-state index contributed by atoms with van der Waals surface area (Å²) < 4.78 is 48.2. The van der Waals surface area contributed by atoms with Crippen LogP contribution in [0.15, 0.2) is 36.7 Å². The highest BCUT2D eigenvalue weighted by molar-refractivity contribution is 5.78. The van der Waals surface area contributed by atoms with Gasteiger partial charge in [0.25, 0.3) is 0 Å². The molecule has 6 rings (SSSR count). The molecule has 156 valence electrons. The minimum atomic E-state index is -3.82. The number of hydrogen-bond donors (Lipinski definition) is 2. The van der Waals surface area contributed by atoms with Crippen molar-refractivity contribution in [3.8, 4) is 11.3 Å². The largest absolute Gasteiger partial charge is 0.369 e. The molecule has 4 heterocycles. The number of nitrogens with zero attached hydrogens (tertiary/aromatic N) is 7. The molecule has 0 atom stereocenters. The molecular formula is C19H14F3N9. The van der Waals surface area contributed by atoms with Crippen LogP contribution in [0.3, 0.4) is 0 Å². The van der Waals surface area contributed by atoms with Gasteiger partial charge in [0.05, 0.1) is 34.5 Å². The molecule has 3 N–H and O–H groups in total. The fraction of sp³-hybridized carbons (Fsp3) is 0.211. The summed E-state index contributed by atoms with van der Waals surface area (Å²) in [6, 6.07) is 5.43. The molecule has 1 aliphatic rings. The second kappa shape index (κ2) is 6.03. The Labute approximate surface area is 171 Å². The van der Waals surface area contributed by atoms with Gasteiger partial charge in [0.2, 0.25) is 5.82 Å². The number of aromatic nitrogens is 8. The van der Waals surface area contributed by atoms with E-state index in [0.717, 1.165) is 29.5 Å². The first-order valence-electron chi connectivity index (χ1n) is 9.50. The van der Waals surface area contributed by atoms with E-state index in [4.69, 9.17) is 5.73 Å². The maximum atomic E-state index is 15.4. The number of anilines is 1. The van der Waals surface area contributed by atoms with Crippen LogP contribution < -0.4 is 5.73 Å². The molecule has 1 aliphatic carbocycles. The van der Waals surface area contributed by atoms with E-state index in [0.29, 0.717) is 17.3 Å². The van der Waals surface area contributed by atoms with Crippen LogP contribution in [0, 0.1) is 5.82 Å². The van der Waals surface area contributed by atoms with Crippen LogP contribution in [0.1, 0.15) is 30.3 Å². The maximum Gasteiger partial charge on any atom is 0.336 e. The van der Waals surface area contributed by atoms with E-state index >= 15 is 8.78 Å². The molecule has 31 heavy (non-hydrogen) atoms. The quantitative estimate of drug-likeness (QED) is 0.457. The van der Waals surface area contributed by atoms with Crippen LogP contribution in [-0.4, -0.2) is 39.6 Å². The Balaban J connectivity index is 1.47. The van der Waals surface area contributed by atoms with E-state index in [1.165, 1.54) is 6.07 Å². The van der Waals surface area contributed by atoms with Crippen LogP contribution in [0.25, 0.3) is 27.9 Å². The molecule has 1 fully saturated rings. The average molecular weight is 425 g/mol. The zero-order valence-electron chi connectivity index (χ0n) is 15.8. The molecule has 0 amide bonds. The van der Waals surface area contributed by atoms with Gasteiger partial charge in [0.15, 0.2) is 11.6 Å². The van der Waals surface area contributed by atoms with E-state index in [2.05, 4.69) is 30.4 Å². The van der Waals surface area contributed by atoms with Crippen LogP contribution >= 0.6 is 0 Å². The third-order valence-electron chi connectivity index (χ3n) is 5.29. The Bertz CT molecular complexity index is 1460. The summed E-state index contributed by atoms with van der Waals surface area (Å²) in [4.78, 5) is 6.48. The van der Waals surface area contributed by atoms with E-state index < -0.39 is 23.1 Å². The Morgan fingerprint density at radius 1 is 1.16 bits per heavy atom. The third kappa shape index (κ3) is 2.75. The van der Waals surface area contributed by atoms with E-state index in [1.54, 1.807) is 12.3 Å². The summed E-state index contributed by atoms with van der Waals surface area (Å²) in [5.74, 6) is -5.75. The Morgan fingerprint density at radius 3 is 2.81 bits per heavy atom. The van der Waals surface area contributed by atoms with E-state index in [-0.39, 0.29) is 22.6 Å². The van der Waals surface area contributed by atoms with Gasteiger partial charge in [-0.3, -0.25) is 4.68 Å². The Kier molecular flexibility index (Phi) is 3.47. The number of aromatic amines is 1. The minimum Gasteiger partial charge on any atom is -0.369 e. The molecule has 5 aromatic rings. The molecule has 0 spiro atoms. The van der Waals surface area contributed by atoms with Crippen molar-refractivity contribution in [3.63, 3.8) is 0 Å². The van der Waals surface area contributed by atoms with Crippen molar-refractivity contribution < 1.29 is 13.2 Å². The molecule has 0 saturated heterocycles. The lowest BCUT2D eigenvalue weighted by Gasteiger charge is -2.15. The van der Waals surface area contributed by atoms with Gasteiger partial charge in [-0.05, 0) is 31.0 Å². The monoisotopic (exact) mass is 425 g/mol. The SMILES string of the molecule is Nc1nc2cc(F)c(C(F)(F)c3nnc4ccc(-c5cnn(C6CC6)c5)nn34)cc2[nH]1. The highest BCUT2D eigenvalue weighted by Crippen LogP contribution is 2.38. The lowest BCUT2D eigenvalue weighted by Crippen LogP contribution is -2.22. The molecule has 0 bridgehead atoms. The summed E-state index contributed by atoms with van der Waals surface area (Å²) in [5.41, 5.74) is 6.21. The van der Waals surface area contributed by atoms with Crippen LogP contribution in [-0.2, 0) is 5.92 Å². The number of alkyl halides is 2. The normalized spacial score (nSPS) is 14.7. The van der Waals surface area contributed by atoms with Gasteiger partial charge in [0.1, 0.15) is 5.82 Å². The van der Waals surface area contributed by atoms with Gasteiger partial charge < -0.3 is 10.7 Å². The molecule has 9 nitrogen and oxygen atoms in total. The van der Waals surface area contributed by atoms with Gasteiger partial charge in [-0.15, -0.1) is 10.2 Å². The predicted octanol–water partition coefficient (Wildman–Crippen LogP) is 3.06.